The number of ether oxygens (including phenoxy) is 1. The Hall–Kier alpha value is -3.10. The molecule has 0 saturated carbocycles. The Morgan fingerprint density at radius 3 is 2.44 bits per heavy atom. The van der Waals surface area contributed by atoms with E-state index in [0.717, 1.165) is 11.0 Å². The van der Waals surface area contributed by atoms with Crippen LogP contribution in [0.15, 0.2) is 48.7 Å². The lowest BCUT2D eigenvalue weighted by molar-refractivity contribution is -0.0228. The van der Waals surface area contributed by atoms with Crippen LogP contribution in [0.5, 0.6) is 5.75 Å². The summed E-state index contributed by atoms with van der Waals surface area (Å²) in [6.45, 7) is 1.06. The van der Waals surface area contributed by atoms with Crippen LogP contribution in [-0.4, -0.2) is 36.3 Å². The molecule has 0 N–H and O–H groups in total. The van der Waals surface area contributed by atoms with Gasteiger partial charge in [0.05, 0.1) is 10.6 Å². The zero-order chi connectivity index (χ0) is 25.2. The van der Waals surface area contributed by atoms with Gasteiger partial charge in [-0.05, 0) is 43.3 Å². The second-order valence-electron chi connectivity index (χ2n) is 7.62. The number of hydrogen-bond donors (Lipinski definition) is 0. The third-order valence-corrected chi connectivity index (χ3v) is 5.44. The van der Waals surface area contributed by atoms with Gasteiger partial charge in [0.25, 0.3) is 11.8 Å². The molecule has 34 heavy (non-hydrogen) atoms. The van der Waals surface area contributed by atoms with Crippen LogP contribution in [0.3, 0.4) is 0 Å². The van der Waals surface area contributed by atoms with E-state index in [-0.39, 0.29) is 27.4 Å². The maximum Gasteiger partial charge on any atom is 0.278 e. The van der Waals surface area contributed by atoms with Gasteiger partial charge >= 0.3 is 0 Å². The predicted octanol–water partition coefficient (Wildman–Crippen LogP) is 6.71. The Labute approximate surface area is 204 Å². The molecule has 0 aliphatic heterocycles. The number of amides is 1. The van der Waals surface area contributed by atoms with Crippen LogP contribution in [-0.2, 0) is 0 Å². The van der Waals surface area contributed by atoms with E-state index in [1.807, 2.05) is 0 Å². The highest BCUT2D eigenvalue weighted by Crippen LogP contribution is 2.36. The standard InChI is InChI=1S/C24H19Cl2F3N2O3/c1-13(32)14-7-8-17(25)16(9-14)15-10-20(34-12-24(2,28)29)22(30-11-15)31(3)23(33)21-18(26)5-4-6-19(21)27/h4-11H,12H2,1-3H3. The summed E-state index contributed by atoms with van der Waals surface area (Å²) in [6.07, 6.45) is 1.34. The Kier molecular flexibility index (Phi) is 7.53. The van der Waals surface area contributed by atoms with Crippen molar-refractivity contribution in [3.63, 3.8) is 0 Å². The van der Waals surface area contributed by atoms with Crippen molar-refractivity contribution in [2.45, 2.75) is 19.8 Å². The lowest BCUT2D eigenvalue weighted by Crippen LogP contribution is -2.29. The van der Waals surface area contributed by atoms with Crippen LogP contribution in [0.25, 0.3) is 11.1 Å². The summed E-state index contributed by atoms with van der Waals surface area (Å²) >= 11 is 12.3. The average Bonchev–Trinajstić information content (AvgIpc) is 2.76. The van der Waals surface area contributed by atoms with E-state index < -0.39 is 29.8 Å². The zero-order valence-electron chi connectivity index (χ0n) is 18.3. The lowest BCUT2D eigenvalue weighted by Gasteiger charge is -2.22. The molecule has 2 aromatic carbocycles. The van der Waals surface area contributed by atoms with E-state index in [4.69, 9.17) is 27.9 Å². The molecule has 0 fully saturated rings. The molecule has 0 saturated heterocycles. The van der Waals surface area contributed by atoms with Gasteiger partial charge in [-0.3, -0.25) is 14.5 Å². The summed E-state index contributed by atoms with van der Waals surface area (Å²) < 4.78 is 46.7. The molecular formula is C24H19Cl2F3N2O3. The highest BCUT2D eigenvalue weighted by molar-refractivity contribution is 6.34. The quantitative estimate of drug-likeness (QED) is 0.331. The van der Waals surface area contributed by atoms with Gasteiger partial charge < -0.3 is 4.74 Å². The molecule has 3 aromatic rings. The van der Waals surface area contributed by atoms with Crippen molar-refractivity contribution in [2.24, 2.45) is 0 Å². The molecule has 0 aliphatic rings. The van der Waals surface area contributed by atoms with Crippen molar-refractivity contribution >= 4 is 40.7 Å². The fourth-order valence-corrected chi connectivity index (χ4v) is 3.55. The molecule has 1 amide bonds. The number of carbonyl (C=O) groups is 2. The van der Waals surface area contributed by atoms with Gasteiger partial charge in [-0.15, -0.1) is 0 Å². The van der Waals surface area contributed by atoms with Crippen molar-refractivity contribution in [2.75, 3.05) is 18.6 Å². The van der Waals surface area contributed by atoms with Gasteiger partial charge in [-0.1, -0.05) is 29.3 Å². The molecule has 0 unspecified atom stereocenters. The summed E-state index contributed by atoms with van der Waals surface area (Å²) in [6, 6.07) is 9.75. The third-order valence-electron chi connectivity index (χ3n) is 4.80. The first-order valence-corrected chi connectivity index (χ1v) is 10.7. The van der Waals surface area contributed by atoms with Gasteiger partial charge in [-0.25, -0.2) is 18.2 Å². The molecule has 0 aliphatic carbocycles. The summed E-state index contributed by atoms with van der Waals surface area (Å²) in [5.41, 5.74) is 0.748. The number of hydrogen-bond acceptors (Lipinski definition) is 4. The second-order valence-corrected chi connectivity index (χ2v) is 8.43. The number of pyridine rings is 1. The van der Waals surface area contributed by atoms with E-state index in [2.05, 4.69) is 4.98 Å². The first-order valence-electron chi connectivity index (χ1n) is 9.92. The fourth-order valence-electron chi connectivity index (χ4n) is 3.08. The van der Waals surface area contributed by atoms with Crippen molar-refractivity contribution in [1.82, 2.24) is 4.98 Å². The zero-order valence-corrected chi connectivity index (χ0v) is 19.8. The highest BCUT2D eigenvalue weighted by Gasteiger charge is 2.27. The van der Waals surface area contributed by atoms with Crippen LogP contribution in [0.1, 0.15) is 34.6 Å². The number of nitrogens with zero attached hydrogens (tertiary/aromatic N) is 2. The van der Waals surface area contributed by atoms with Gasteiger partial charge in [0.1, 0.15) is 5.82 Å². The van der Waals surface area contributed by atoms with Crippen LogP contribution < -0.4 is 9.64 Å². The largest absolute Gasteiger partial charge is 0.483 e. The SMILES string of the molecule is CC(=O)c1ccc(Cl)c(-c2cnc(N(C)C(=O)c3c(F)cccc3Cl)c(OCC(C)(F)F)c2)c1. The first-order chi connectivity index (χ1) is 15.9. The third kappa shape index (κ3) is 5.69. The molecule has 178 valence electrons. The summed E-state index contributed by atoms with van der Waals surface area (Å²) in [5.74, 6) is -5.40. The van der Waals surface area contributed by atoms with Crippen molar-refractivity contribution in [3.05, 3.63) is 75.7 Å². The van der Waals surface area contributed by atoms with Gasteiger partial charge in [0, 0.05) is 41.9 Å². The molecule has 1 aromatic heterocycles. The van der Waals surface area contributed by atoms with Crippen molar-refractivity contribution in [3.8, 4) is 16.9 Å². The molecule has 0 atom stereocenters. The number of carbonyl (C=O) groups excluding carboxylic acids is 2. The van der Waals surface area contributed by atoms with E-state index in [0.29, 0.717) is 23.6 Å². The molecule has 0 spiro atoms. The molecular weight excluding hydrogens is 492 g/mol. The van der Waals surface area contributed by atoms with Crippen LogP contribution in [0.4, 0.5) is 19.0 Å². The van der Waals surface area contributed by atoms with Crippen molar-refractivity contribution < 1.29 is 27.5 Å². The summed E-state index contributed by atoms with van der Waals surface area (Å²) in [5, 5.41) is 0.165. The number of rotatable bonds is 7. The number of alkyl halides is 2. The fraction of sp³-hybridized carbons (Fsp3) is 0.208. The Morgan fingerprint density at radius 1 is 1.12 bits per heavy atom. The van der Waals surface area contributed by atoms with E-state index >= 15 is 0 Å². The van der Waals surface area contributed by atoms with Gasteiger partial charge in [0.15, 0.2) is 24.0 Å². The molecule has 3 rings (SSSR count). The summed E-state index contributed by atoms with van der Waals surface area (Å²) in [7, 11) is 1.29. The van der Waals surface area contributed by atoms with Crippen LogP contribution >= 0.6 is 23.2 Å². The van der Waals surface area contributed by atoms with Crippen molar-refractivity contribution in [1.29, 1.82) is 0 Å². The molecule has 0 radical (unpaired) electrons. The second kappa shape index (κ2) is 10.0. The molecule has 1 heterocycles. The van der Waals surface area contributed by atoms with E-state index in [1.165, 1.54) is 50.5 Å². The minimum Gasteiger partial charge on any atom is -0.483 e. The smallest absolute Gasteiger partial charge is 0.278 e. The number of benzene rings is 2. The Morgan fingerprint density at radius 2 is 1.82 bits per heavy atom. The minimum atomic E-state index is -3.18. The van der Waals surface area contributed by atoms with Crippen LogP contribution in [0, 0.1) is 5.82 Å². The molecule has 0 bridgehead atoms. The number of aromatic nitrogens is 1. The predicted molar refractivity (Wildman–Crippen MR) is 125 cm³/mol. The van der Waals surface area contributed by atoms with Gasteiger partial charge in [0.2, 0.25) is 0 Å². The first kappa shape index (κ1) is 25.5. The Balaban J connectivity index is 2.10. The van der Waals surface area contributed by atoms with Crippen LogP contribution in [0.2, 0.25) is 10.0 Å². The van der Waals surface area contributed by atoms with E-state index in [9.17, 15) is 22.8 Å². The number of halogens is 5. The van der Waals surface area contributed by atoms with Gasteiger partial charge in [-0.2, -0.15) is 0 Å². The monoisotopic (exact) mass is 510 g/mol. The topological polar surface area (TPSA) is 59.5 Å². The number of anilines is 1. The Bertz CT molecular complexity index is 1240. The number of Topliss-reactive ketones (excluding diaryl/α,β-unsaturated/α-hetero) is 1. The summed E-state index contributed by atoms with van der Waals surface area (Å²) in [4.78, 5) is 29.9. The normalized spacial score (nSPS) is 11.3. The number of ketones is 1. The van der Waals surface area contributed by atoms with E-state index in [1.54, 1.807) is 6.07 Å². The minimum absolute atomic E-state index is 0.121. The lowest BCUT2D eigenvalue weighted by atomic mass is 10.0. The molecule has 5 nitrogen and oxygen atoms in total. The maximum absolute atomic E-state index is 14.3. The average molecular weight is 511 g/mol. The maximum atomic E-state index is 14.3. The highest BCUT2D eigenvalue weighted by atomic mass is 35.5. The molecule has 10 heteroatoms.